The van der Waals surface area contributed by atoms with E-state index in [4.69, 9.17) is 14.2 Å². The third-order valence-corrected chi connectivity index (χ3v) is 5.38. The smallest absolute Gasteiger partial charge is 0.246 e. The Hall–Kier alpha value is -2.33. The number of benzene rings is 1. The fraction of sp³-hybridized carbons (Fsp3) is 0.550. The normalized spacial score (nSPS) is 27.0. The van der Waals surface area contributed by atoms with Crippen LogP contribution in [0.2, 0.25) is 0 Å². The zero-order valence-electron chi connectivity index (χ0n) is 16.8. The molecule has 9 nitrogen and oxygen atoms in total. The van der Waals surface area contributed by atoms with E-state index in [0.717, 1.165) is 18.8 Å². The number of nitrogens with zero attached hydrogens (tertiary/aromatic N) is 3. The zero-order chi connectivity index (χ0) is 20.2. The molecule has 1 aromatic heterocycles. The van der Waals surface area contributed by atoms with Gasteiger partial charge in [0, 0.05) is 12.7 Å². The van der Waals surface area contributed by atoms with Crippen molar-refractivity contribution in [3.63, 3.8) is 0 Å². The van der Waals surface area contributed by atoms with E-state index in [0.29, 0.717) is 13.2 Å². The first kappa shape index (κ1) is 20.0. The van der Waals surface area contributed by atoms with Crippen molar-refractivity contribution in [1.82, 2.24) is 20.3 Å². The molecule has 2 fully saturated rings. The van der Waals surface area contributed by atoms with Gasteiger partial charge in [-0.3, -0.25) is 4.79 Å². The highest BCUT2D eigenvalue weighted by Gasteiger charge is 2.49. The van der Waals surface area contributed by atoms with Gasteiger partial charge in [0.1, 0.15) is 43.6 Å². The van der Waals surface area contributed by atoms with Gasteiger partial charge in [-0.1, -0.05) is 35.5 Å². The molecule has 2 aliphatic rings. The number of fused-ring (bicyclic) bond motifs is 1. The molecule has 5 atom stereocenters. The Labute approximate surface area is 169 Å². The van der Waals surface area contributed by atoms with Gasteiger partial charge in [0.2, 0.25) is 5.91 Å². The number of rotatable bonds is 8. The van der Waals surface area contributed by atoms with Crippen LogP contribution in [0.1, 0.15) is 17.3 Å². The Morgan fingerprint density at radius 1 is 1.24 bits per heavy atom. The zero-order valence-corrected chi connectivity index (χ0v) is 16.8. The van der Waals surface area contributed by atoms with Gasteiger partial charge >= 0.3 is 0 Å². The Bertz CT molecular complexity index is 814. The molecule has 156 valence electrons. The highest BCUT2D eigenvalue weighted by atomic mass is 16.6. The van der Waals surface area contributed by atoms with E-state index in [1.54, 1.807) is 0 Å². The molecule has 0 bridgehead atoms. The fourth-order valence-electron chi connectivity index (χ4n) is 4.08. The summed E-state index contributed by atoms with van der Waals surface area (Å²) in [6, 6.07) is 10.2. The lowest BCUT2D eigenvalue weighted by Gasteiger charge is -2.17. The highest BCUT2D eigenvalue weighted by molar-refractivity contribution is 5.77. The minimum atomic E-state index is -0.181. The van der Waals surface area contributed by atoms with Gasteiger partial charge in [0.25, 0.3) is 0 Å². The van der Waals surface area contributed by atoms with Crippen LogP contribution in [0.3, 0.4) is 0 Å². The molecule has 2 aromatic rings. The van der Waals surface area contributed by atoms with E-state index in [2.05, 4.69) is 46.9 Å². The summed E-state index contributed by atoms with van der Waals surface area (Å²) in [5.41, 5.74) is 2.23. The molecule has 1 unspecified atom stereocenters. The van der Waals surface area contributed by atoms with Crippen LogP contribution in [0.25, 0.3) is 0 Å². The molecule has 9 heteroatoms. The van der Waals surface area contributed by atoms with Crippen LogP contribution in [0.15, 0.2) is 36.5 Å². The second-order valence-corrected chi connectivity index (χ2v) is 7.76. The second-order valence-electron chi connectivity index (χ2n) is 7.76. The molecule has 2 saturated heterocycles. The molecule has 1 amide bonds. The number of hydrogen-bond acceptors (Lipinski definition) is 6. The maximum atomic E-state index is 11.8. The van der Waals surface area contributed by atoms with Gasteiger partial charge in [-0.15, -0.1) is 5.10 Å². The molecule has 4 rings (SSSR count). The SMILES string of the molecule is COCC(=O)N[C@H]1CO[C@H]2[C@@H]1OC[C@@H]2n1cc(C[NH+](C)Cc2ccccc2)nn1. The van der Waals surface area contributed by atoms with Crippen molar-refractivity contribution in [1.29, 1.82) is 0 Å². The predicted molar refractivity (Wildman–Crippen MR) is 103 cm³/mol. The van der Waals surface area contributed by atoms with Crippen LogP contribution < -0.4 is 10.2 Å². The Morgan fingerprint density at radius 2 is 2.03 bits per heavy atom. The minimum Gasteiger partial charge on any atom is -0.375 e. The first-order chi connectivity index (χ1) is 14.1. The molecule has 29 heavy (non-hydrogen) atoms. The molecular weight excluding hydrogens is 374 g/mol. The first-order valence-electron chi connectivity index (χ1n) is 9.91. The molecule has 0 spiro atoms. The van der Waals surface area contributed by atoms with E-state index < -0.39 is 0 Å². The van der Waals surface area contributed by atoms with Crippen LogP contribution in [-0.2, 0) is 32.1 Å². The molecule has 2 N–H and O–H groups in total. The summed E-state index contributed by atoms with van der Waals surface area (Å²) in [6.45, 7) is 2.65. The van der Waals surface area contributed by atoms with E-state index in [1.165, 1.54) is 17.6 Å². The Balaban J connectivity index is 1.33. The molecular formula is C20H28N5O4+. The molecule has 0 saturated carbocycles. The summed E-state index contributed by atoms with van der Waals surface area (Å²) >= 11 is 0. The summed E-state index contributed by atoms with van der Waals surface area (Å²) in [4.78, 5) is 13.1. The summed E-state index contributed by atoms with van der Waals surface area (Å²) in [7, 11) is 3.64. The topological polar surface area (TPSA) is 91.9 Å². The molecule has 0 aliphatic carbocycles. The maximum Gasteiger partial charge on any atom is 0.246 e. The number of aromatic nitrogens is 3. The lowest BCUT2D eigenvalue weighted by molar-refractivity contribution is -0.908. The molecule has 1 aromatic carbocycles. The number of methoxy groups -OCH3 is 1. The standard InChI is InChI=1S/C20H27N5O4/c1-24(8-14-6-4-3-5-7-14)9-15-10-25(23-22-15)17-12-29-19-16(11-28-20(17)19)21-18(26)13-27-2/h3-7,10,16-17,19-20H,8-9,11-13H2,1-2H3,(H,21,26)/p+1/t16-,17-,19+,20+/m0/s1. The Morgan fingerprint density at radius 3 is 2.83 bits per heavy atom. The molecule has 2 aliphatic heterocycles. The first-order valence-corrected chi connectivity index (χ1v) is 9.91. The van der Waals surface area contributed by atoms with Gasteiger partial charge in [0.05, 0.1) is 32.5 Å². The van der Waals surface area contributed by atoms with E-state index in [9.17, 15) is 4.79 Å². The second kappa shape index (κ2) is 9.00. The van der Waals surface area contributed by atoms with Gasteiger partial charge in [-0.05, 0) is 0 Å². The number of quaternary nitrogens is 1. The predicted octanol–water partition coefficient (Wildman–Crippen LogP) is -1.04. The lowest BCUT2D eigenvalue weighted by Crippen LogP contribution is -3.06. The van der Waals surface area contributed by atoms with Crippen LogP contribution in [-0.4, -0.2) is 73.1 Å². The minimum absolute atomic E-state index is 0.0303. The third-order valence-electron chi connectivity index (χ3n) is 5.38. The highest BCUT2D eigenvalue weighted by Crippen LogP contribution is 2.33. The number of carbonyl (C=O) groups excluding carboxylic acids is 1. The average molecular weight is 402 g/mol. The number of ether oxygens (including phenoxy) is 3. The van der Waals surface area contributed by atoms with Crippen molar-refractivity contribution >= 4 is 5.91 Å². The van der Waals surface area contributed by atoms with Crippen molar-refractivity contribution in [2.75, 3.05) is 34.0 Å². The average Bonchev–Trinajstić information content (AvgIpc) is 3.40. The maximum absolute atomic E-state index is 11.8. The van der Waals surface area contributed by atoms with Crippen LogP contribution in [0, 0.1) is 0 Å². The summed E-state index contributed by atoms with van der Waals surface area (Å²) in [5, 5.41) is 11.6. The lowest BCUT2D eigenvalue weighted by atomic mass is 10.1. The fourth-order valence-corrected chi connectivity index (χ4v) is 4.08. The number of nitrogens with one attached hydrogen (secondary N) is 2. The number of hydrogen-bond donors (Lipinski definition) is 2. The van der Waals surface area contributed by atoms with E-state index in [-0.39, 0.29) is 36.8 Å². The third kappa shape index (κ3) is 4.64. The van der Waals surface area contributed by atoms with Gasteiger partial charge in [-0.25, -0.2) is 4.68 Å². The van der Waals surface area contributed by atoms with Crippen LogP contribution in [0.5, 0.6) is 0 Å². The largest absolute Gasteiger partial charge is 0.375 e. The van der Waals surface area contributed by atoms with Gasteiger partial charge in [0.15, 0.2) is 0 Å². The Kier molecular flexibility index (Phi) is 6.19. The van der Waals surface area contributed by atoms with Crippen molar-refractivity contribution in [3.8, 4) is 0 Å². The number of carbonyl (C=O) groups is 1. The van der Waals surface area contributed by atoms with E-state index in [1.807, 2.05) is 16.9 Å². The van der Waals surface area contributed by atoms with Crippen molar-refractivity contribution < 1.29 is 23.9 Å². The van der Waals surface area contributed by atoms with Gasteiger partial charge in [-0.2, -0.15) is 0 Å². The van der Waals surface area contributed by atoms with Crippen molar-refractivity contribution in [2.24, 2.45) is 0 Å². The quantitative estimate of drug-likeness (QED) is 0.586. The van der Waals surface area contributed by atoms with Gasteiger partial charge < -0.3 is 24.4 Å². The molecule has 0 radical (unpaired) electrons. The van der Waals surface area contributed by atoms with E-state index >= 15 is 0 Å². The summed E-state index contributed by atoms with van der Waals surface area (Å²) in [5.74, 6) is -0.165. The summed E-state index contributed by atoms with van der Waals surface area (Å²) in [6.07, 6.45) is 1.65. The monoisotopic (exact) mass is 402 g/mol. The number of amides is 1. The van der Waals surface area contributed by atoms with Crippen molar-refractivity contribution in [3.05, 3.63) is 47.8 Å². The van der Waals surface area contributed by atoms with Crippen LogP contribution in [0.4, 0.5) is 0 Å². The van der Waals surface area contributed by atoms with Crippen molar-refractivity contribution in [2.45, 2.75) is 37.4 Å². The van der Waals surface area contributed by atoms with Crippen LogP contribution >= 0.6 is 0 Å². The summed E-state index contributed by atoms with van der Waals surface area (Å²) < 4.78 is 18.6. The molecule has 3 heterocycles.